The molecule has 1 rings (SSSR count). The Hall–Kier alpha value is -0.893. The van der Waals surface area contributed by atoms with Gasteiger partial charge in [0, 0.05) is 23.8 Å². The molecule has 0 aliphatic heterocycles. The molecule has 148 valence electrons. The van der Waals surface area contributed by atoms with Crippen molar-refractivity contribution in [3.63, 3.8) is 0 Å². The van der Waals surface area contributed by atoms with Gasteiger partial charge in [0.25, 0.3) is 0 Å². The number of aliphatic hydroxyl groups excluding tert-OH is 1. The molecular weight excluding hydrogens is 362 g/mol. The Bertz CT molecular complexity index is 646. The number of hydrogen-bond donors (Lipinski definition) is 2. The third kappa shape index (κ3) is 5.31. The van der Waals surface area contributed by atoms with Crippen LogP contribution >= 0.6 is 11.8 Å². The molecule has 1 heterocycles. The highest BCUT2D eigenvalue weighted by Crippen LogP contribution is 2.40. The first-order valence-electron chi connectivity index (χ1n) is 8.88. The van der Waals surface area contributed by atoms with Crippen molar-refractivity contribution in [3.05, 3.63) is 23.9 Å². The molecule has 0 amide bonds. The number of thioether (sulfide) groups is 1. The summed E-state index contributed by atoms with van der Waals surface area (Å²) in [6.07, 6.45) is 3.42. The fourth-order valence-electron chi connectivity index (χ4n) is 2.37. The number of nitrogens with two attached hydrogens (primary N) is 1. The topological polar surface area (TPSA) is 81.3 Å². The summed E-state index contributed by atoms with van der Waals surface area (Å²) in [6.45, 7) is 19.2. The highest BCUT2D eigenvalue weighted by atomic mass is 32.2. The van der Waals surface area contributed by atoms with E-state index in [4.69, 9.17) is 10.2 Å². The third-order valence-electron chi connectivity index (χ3n) is 5.41. The van der Waals surface area contributed by atoms with E-state index in [0.717, 1.165) is 11.1 Å². The zero-order chi connectivity index (χ0) is 20.3. The molecule has 2 atom stereocenters. The van der Waals surface area contributed by atoms with E-state index in [-0.39, 0.29) is 5.04 Å². The number of anilines is 1. The number of rotatable bonds is 8. The van der Waals surface area contributed by atoms with Crippen molar-refractivity contribution in [1.82, 2.24) is 9.97 Å². The van der Waals surface area contributed by atoms with E-state index in [1.54, 1.807) is 6.20 Å². The summed E-state index contributed by atoms with van der Waals surface area (Å²) >= 11 is 1.44. The monoisotopic (exact) mass is 397 g/mol. The quantitative estimate of drug-likeness (QED) is 0.293. The molecular formula is C19H35N3O2SSi. The van der Waals surface area contributed by atoms with Gasteiger partial charge in [0.1, 0.15) is 5.82 Å². The summed E-state index contributed by atoms with van der Waals surface area (Å²) in [7, 11) is -1.99. The second kappa shape index (κ2) is 8.42. The standard InChI is InChI=1S/C19H35N3O2SSi/c1-13(2)10-15(23)19(6,12-24-26(8,9)18(3,4)5)14-11-21-17(25-7)22-16(14)20/h11,15,23H,1,10,12H2,2-9H3,(H2,20,21,22)/t15-,19+/m0/s1. The Morgan fingerprint density at radius 3 is 2.38 bits per heavy atom. The maximum atomic E-state index is 11.0. The zero-order valence-corrected chi connectivity index (χ0v) is 19.3. The van der Waals surface area contributed by atoms with E-state index in [1.807, 2.05) is 20.1 Å². The highest BCUT2D eigenvalue weighted by Gasteiger charge is 2.43. The van der Waals surface area contributed by atoms with E-state index in [1.165, 1.54) is 11.8 Å². The Balaban J connectivity index is 3.29. The van der Waals surface area contributed by atoms with Crippen LogP contribution in [0.2, 0.25) is 18.1 Å². The smallest absolute Gasteiger partial charge is 0.192 e. The first-order valence-corrected chi connectivity index (χ1v) is 13.0. The summed E-state index contributed by atoms with van der Waals surface area (Å²) in [5.74, 6) is 0.395. The Morgan fingerprint density at radius 1 is 1.38 bits per heavy atom. The molecule has 0 fully saturated rings. The molecule has 0 spiro atoms. The number of nitrogen functional groups attached to an aromatic ring is 1. The van der Waals surface area contributed by atoms with Crippen LogP contribution in [0.25, 0.3) is 0 Å². The second-order valence-electron chi connectivity index (χ2n) is 8.80. The van der Waals surface area contributed by atoms with Gasteiger partial charge >= 0.3 is 0 Å². The van der Waals surface area contributed by atoms with Crippen LogP contribution in [-0.4, -0.2) is 42.4 Å². The minimum Gasteiger partial charge on any atom is -0.416 e. The average Bonchev–Trinajstić information content (AvgIpc) is 2.50. The van der Waals surface area contributed by atoms with Crippen molar-refractivity contribution in [2.24, 2.45) is 0 Å². The van der Waals surface area contributed by atoms with Gasteiger partial charge in [-0.2, -0.15) is 0 Å². The van der Waals surface area contributed by atoms with E-state index in [9.17, 15) is 5.11 Å². The molecule has 3 N–H and O–H groups in total. The lowest BCUT2D eigenvalue weighted by atomic mass is 9.77. The number of nitrogens with zero attached hydrogens (tertiary/aromatic N) is 2. The van der Waals surface area contributed by atoms with Gasteiger partial charge in [-0.25, -0.2) is 9.97 Å². The summed E-state index contributed by atoms with van der Waals surface area (Å²) < 4.78 is 6.46. The number of hydrogen-bond acceptors (Lipinski definition) is 6. The minimum absolute atomic E-state index is 0.0813. The Labute approximate surface area is 164 Å². The molecule has 0 radical (unpaired) electrons. The van der Waals surface area contributed by atoms with Crippen molar-refractivity contribution in [2.45, 2.75) is 75.8 Å². The maximum absolute atomic E-state index is 11.0. The first-order chi connectivity index (χ1) is 11.7. The lowest BCUT2D eigenvalue weighted by Gasteiger charge is -2.42. The molecule has 0 saturated carbocycles. The molecule has 1 aromatic rings. The molecule has 5 nitrogen and oxygen atoms in total. The largest absolute Gasteiger partial charge is 0.416 e. The molecule has 0 aliphatic carbocycles. The second-order valence-corrected chi connectivity index (χ2v) is 14.4. The normalized spacial score (nSPS) is 16.2. The molecule has 1 aromatic heterocycles. The minimum atomic E-state index is -1.99. The van der Waals surface area contributed by atoms with Crippen LogP contribution in [0.15, 0.2) is 23.5 Å². The highest BCUT2D eigenvalue weighted by molar-refractivity contribution is 7.98. The van der Waals surface area contributed by atoms with E-state index < -0.39 is 19.8 Å². The van der Waals surface area contributed by atoms with Crippen molar-refractivity contribution in [1.29, 1.82) is 0 Å². The average molecular weight is 398 g/mol. The molecule has 0 saturated heterocycles. The van der Waals surface area contributed by atoms with Crippen molar-refractivity contribution in [3.8, 4) is 0 Å². The summed E-state index contributed by atoms with van der Waals surface area (Å²) in [5, 5.41) is 11.7. The van der Waals surface area contributed by atoms with Crippen LogP contribution in [0.5, 0.6) is 0 Å². The van der Waals surface area contributed by atoms with Crippen molar-refractivity contribution < 1.29 is 9.53 Å². The van der Waals surface area contributed by atoms with Gasteiger partial charge in [-0.1, -0.05) is 45.0 Å². The first kappa shape index (κ1) is 23.1. The van der Waals surface area contributed by atoms with Crippen LogP contribution < -0.4 is 5.73 Å². The fraction of sp³-hybridized carbons (Fsp3) is 0.684. The summed E-state index contributed by atoms with van der Waals surface area (Å²) in [5.41, 5.74) is 7.16. The van der Waals surface area contributed by atoms with E-state index in [2.05, 4.69) is 50.4 Å². The number of aromatic nitrogens is 2. The van der Waals surface area contributed by atoms with Gasteiger partial charge < -0.3 is 15.3 Å². The van der Waals surface area contributed by atoms with Crippen molar-refractivity contribution in [2.75, 3.05) is 18.6 Å². The molecule has 0 aromatic carbocycles. The Kier molecular flexibility index (Phi) is 7.49. The maximum Gasteiger partial charge on any atom is 0.192 e. The molecule has 26 heavy (non-hydrogen) atoms. The van der Waals surface area contributed by atoms with Crippen LogP contribution in [0, 0.1) is 0 Å². The van der Waals surface area contributed by atoms with E-state index in [0.29, 0.717) is 24.0 Å². The number of aliphatic hydroxyl groups is 1. The summed E-state index contributed by atoms with van der Waals surface area (Å²) in [6, 6.07) is 0. The van der Waals surface area contributed by atoms with Crippen LogP contribution in [0.3, 0.4) is 0 Å². The predicted molar refractivity (Wildman–Crippen MR) is 114 cm³/mol. The zero-order valence-electron chi connectivity index (χ0n) is 17.5. The van der Waals surface area contributed by atoms with Gasteiger partial charge in [-0.3, -0.25) is 0 Å². The Morgan fingerprint density at radius 2 is 1.96 bits per heavy atom. The van der Waals surface area contributed by atoms with Gasteiger partial charge in [0.2, 0.25) is 0 Å². The lowest BCUT2D eigenvalue weighted by Crippen LogP contribution is -2.48. The molecule has 0 bridgehead atoms. The summed E-state index contributed by atoms with van der Waals surface area (Å²) in [4.78, 5) is 8.74. The van der Waals surface area contributed by atoms with Gasteiger partial charge in [-0.05, 0) is 37.7 Å². The van der Waals surface area contributed by atoms with Gasteiger partial charge in [0.15, 0.2) is 13.5 Å². The van der Waals surface area contributed by atoms with Crippen LogP contribution in [0.1, 0.15) is 46.6 Å². The predicted octanol–water partition coefficient (Wildman–Crippen LogP) is 4.39. The van der Waals surface area contributed by atoms with Gasteiger partial charge in [-0.15, -0.1) is 6.58 Å². The van der Waals surface area contributed by atoms with Gasteiger partial charge in [0.05, 0.1) is 6.10 Å². The fourth-order valence-corrected chi connectivity index (χ4v) is 3.81. The molecule has 7 heteroatoms. The van der Waals surface area contributed by atoms with Crippen LogP contribution in [-0.2, 0) is 9.84 Å². The molecule has 0 unspecified atom stereocenters. The van der Waals surface area contributed by atoms with E-state index >= 15 is 0 Å². The SMILES string of the molecule is C=C(C)C[C@H](O)[C@](C)(CO[Si](C)(C)C(C)(C)C)c1cnc(SC)nc1N. The molecule has 0 aliphatic rings. The lowest BCUT2D eigenvalue weighted by molar-refractivity contribution is 0.0520. The third-order valence-corrected chi connectivity index (χ3v) is 10.5. The van der Waals surface area contributed by atoms with Crippen molar-refractivity contribution >= 4 is 25.9 Å². The van der Waals surface area contributed by atoms with Crippen LogP contribution in [0.4, 0.5) is 5.82 Å².